The third-order valence-corrected chi connectivity index (χ3v) is 4.27. The average Bonchev–Trinajstić information content (AvgIpc) is 3.03. The van der Waals surface area contributed by atoms with E-state index in [0.717, 1.165) is 53.2 Å². The average molecular weight is 481 g/mol. The minimum absolute atomic E-state index is 0. The van der Waals surface area contributed by atoms with Crippen molar-refractivity contribution >= 4 is 40.8 Å². The van der Waals surface area contributed by atoms with Gasteiger partial charge >= 0.3 is 0 Å². The van der Waals surface area contributed by atoms with Crippen molar-refractivity contribution in [1.29, 1.82) is 0 Å². The molecule has 0 fully saturated rings. The van der Waals surface area contributed by atoms with Crippen molar-refractivity contribution in [3.63, 3.8) is 0 Å². The van der Waals surface area contributed by atoms with Crippen LogP contribution in [-0.4, -0.2) is 29.0 Å². The molecule has 0 spiro atoms. The van der Waals surface area contributed by atoms with E-state index in [4.69, 9.17) is 0 Å². The number of nitrogens with zero attached hydrogens (tertiary/aromatic N) is 2. The van der Waals surface area contributed by atoms with E-state index >= 15 is 0 Å². The number of hydrogen-bond donors (Lipinski definition) is 3. The van der Waals surface area contributed by atoms with Gasteiger partial charge in [-0.3, -0.25) is 4.98 Å². The smallest absolute Gasteiger partial charge is 0.191 e. The standard InChI is InChI=1S/C20H24FN5.HI/c1-3-22-20(26-13-19-14(2)5-4-9-23-19)24-10-8-15-12-25-18-11-16(21)6-7-17(15)18;/h4-7,9,11-12,25H,3,8,10,13H2,1-2H3,(H2,22,24,26);1H. The van der Waals surface area contributed by atoms with Crippen LogP contribution >= 0.6 is 24.0 Å². The molecule has 3 N–H and O–H groups in total. The quantitative estimate of drug-likeness (QED) is 0.284. The minimum atomic E-state index is -0.226. The molecule has 3 aromatic rings. The lowest BCUT2D eigenvalue weighted by atomic mass is 10.1. The van der Waals surface area contributed by atoms with Gasteiger partial charge in [-0.2, -0.15) is 0 Å². The van der Waals surface area contributed by atoms with Gasteiger partial charge in [0.15, 0.2) is 5.96 Å². The van der Waals surface area contributed by atoms with Crippen LogP contribution in [0.5, 0.6) is 0 Å². The molecule has 0 saturated carbocycles. The molecule has 0 aliphatic carbocycles. The largest absolute Gasteiger partial charge is 0.361 e. The van der Waals surface area contributed by atoms with Gasteiger partial charge in [-0.1, -0.05) is 6.07 Å². The maximum Gasteiger partial charge on any atom is 0.191 e. The fourth-order valence-corrected chi connectivity index (χ4v) is 2.86. The number of aliphatic imine (C=N–C) groups is 1. The van der Waals surface area contributed by atoms with Gasteiger partial charge in [0.1, 0.15) is 5.82 Å². The van der Waals surface area contributed by atoms with Crippen LogP contribution in [0.15, 0.2) is 47.7 Å². The van der Waals surface area contributed by atoms with E-state index in [-0.39, 0.29) is 29.8 Å². The van der Waals surface area contributed by atoms with Crippen molar-refractivity contribution in [3.8, 4) is 0 Å². The Morgan fingerprint density at radius 1 is 1.26 bits per heavy atom. The number of pyridine rings is 1. The van der Waals surface area contributed by atoms with Gasteiger partial charge in [0.25, 0.3) is 0 Å². The number of halogens is 2. The Bertz CT molecular complexity index is 906. The van der Waals surface area contributed by atoms with Crippen molar-refractivity contribution in [1.82, 2.24) is 20.6 Å². The second kappa shape index (κ2) is 10.2. The van der Waals surface area contributed by atoms with Gasteiger partial charge in [-0.25, -0.2) is 9.38 Å². The highest BCUT2D eigenvalue weighted by molar-refractivity contribution is 14.0. The number of fused-ring (bicyclic) bond motifs is 1. The molecule has 0 unspecified atom stereocenters. The second-order valence-corrected chi connectivity index (χ2v) is 6.14. The molecule has 7 heteroatoms. The highest BCUT2D eigenvalue weighted by Gasteiger charge is 2.05. The summed E-state index contributed by atoms with van der Waals surface area (Å²) in [5.74, 6) is 0.541. The number of benzene rings is 1. The first-order chi connectivity index (χ1) is 12.7. The first-order valence-corrected chi connectivity index (χ1v) is 8.85. The Kier molecular flexibility index (Phi) is 8.02. The van der Waals surface area contributed by atoms with Crippen LogP contribution in [0.3, 0.4) is 0 Å². The lowest BCUT2D eigenvalue weighted by Crippen LogP contribution is -2.38. The number of hydrogen-bond acceptors (Lipinski definition) is 2. The Morgan fingerprint density at radius 3 is 2.89 bits per heavy atom. The monoisotopic (exact) mass is 481 g/mol. The van der Waals surface area contributed by atoms with E-state index in [9.17, 15) is 4.39 Å². The summed E-state index contributed by atoms with van der Waals surface area (Å²) in [7, 11) is 0. The highest BCUT2D eigenvalue weighted by atomic mass is 127. The van der Waals surface area contributed by atoms with Crippen LogP contribution in [0.2, 0.25) is 0 Å². The van der Waals surface area contributed by atoms with Crippen molar-refractivity contribution < 1.29 is 4.39 Å². The summed E-state index contributed by atoms with van der Waals surface area (Å²) in [6.07, 6.45) is 4.55. The molecule has 0 radical (unpaired) electrons. The van der Waals surface area contributed by atoms with E-state index in [1.807, 2.05) is 38.2 Å². The molecule has 2 heterocycles. The summed E-state index contributed by atoms with van der Waals surface area (Å²) < 4.78 is 13.3. The van der Waals surface area contributed by atoms with E-state index in [2.05, 4.69) is 25.6 Å². The predicted octanol–water partition coefficient (Wildman–Crippen LogP) is 3.93. The fraction of sp³-hybridized carbons (Fsp3) is 0.300. The van der Waals surface area contributed by atoms with E-state index in [1.54, 1.807) is 6.20 Å². The van der Waals surface area contributed by atoms with E-state index in [0.29, 0.717) is 6.54 Å². The van der Waals surface area contributed by atoms with E-state index in [1.165, 1.54) is 12.1 Å². The fourth-order valence-electron chi connectivity index (χ4n) is 2.86. The van der Waals surface area contributed by atoms with Crippen molar-refractivity contribution in [2.24, 2.45) is 4.99 Å². The molecule has 2 aromatic heterocycles. The normalized spacial score (nSPS) is 11.3. The topological polar surface area (TPSA) is 65.1 Å². The van der Waals surface area contributed by atoms with Crippen molar-refractivity contribution in [3.05, 3.63) is 65.4 Å². The lowest BCUT2D eigenvalue weighted by Gasteiger charge is -2.11. The van der Waals surface area contributed by atoms with Crippen LogP contribution in [0.25, 0.3) is 10.9 Å². The zero-order valence-electron chi connectivity index (χ0n) is 15.6. The molecule has 0 saturated heterocycles. The molecule has 3 rings (SSSR count). The summed E-state index contributed by atoms with van der Waals surface area (Å²) in [5, 5.41) is 7.65. The maximum atomic E-state index is 13.3. The number of rotatable bonds is 6. The number of H-pyrrole nitrogens is 1. The van der Waals surface area contributed by atoms with Gasteiger partial charge in [0.2, 0.25) is 0 Å². The lowest BCUT2D eigenvalue weighted by molar-refractivity contribution is 0.629. The van der Waals surface area contributed by atoms with Crippen LogP contribution in [0.1, 0.15) is 23.7 Å². The molecule has 0 aliphatic heterocycles. The van der Waals surface area contributed by atoms with Crippen molar-refractivity contribution in [2.45, 2.75) is 26.8 Å². The maximum absolute atomic E-state index is 13.3. The molecule has 5 nitrogen and oxygen atoms in total. The molecule has 0 atom stereocenters. The zero-order valence-corrected chi connectivity index (χ0v) is 17.9. The van der Waals surface area contributed by atoms with Gasteiger partial charge < -0.3 is 15.6 Å². The molecule has 27 heavy (non-hydrogen) atoms. The molecule has 0 aliphatic rings. The second-order valence-electron chi connectivity index (χ2n) is 6.14. The summed E-state index contributed by atoms with van der Waals surface area (Å²) in [4.78, 5) is 12.1. The Morgan fingerprint density at radius 2 is 2.11 bits per heavy atom. The first kappa shape index (κ1) is 21.1. The number of nitrogens with one attached hydrogen (secondary N) is 3. The molecule has 0 amide bonds. The molecular weight excluding hydrogens is 456 g/mol. The number of aromatic nitrogens is 2. The molecule has 1 aromatic carbocycles. The number of aryl methyl sites for hydroxylation is 1. The summed E-state index contributed by atoms with van der Waals surface area (Å²) in [6.45, 7) is 6.14. The van der Waals surface area contributed by atoms with Gasteiger partial charge in [0, 0.05) is 36.4 Å². The van der Waals surface area contributed by atoms with Crippen LogP contribution < -0.4 is 10.6 Å². The van der Waals surface area contributed by atoms with Gasteiger partial charge in [-0.05, 0) is 55.7 Å². The molecule has 144 valence electrons. The number of aromatic amines is 1. The van der Waals surface area contributed by atoms with Gasteiger partial charge in [0.05, 0.1) is 12.2 Å². The zero-order chi connectivity index (χ0) is 18.4. The van der Waals surface area contributed by atoms with Crippen LogP contribution in [-0.2, 0) is 13.0 Å². The van der Waals surface area contributed by atoms with Crippen molar-refractivity contribution in [2.75, 3.05) is 13.1 Å². The highest BCUT2D eigenvalue weighted by Crippen LogP contribution is 2.19. The SMILES string of the molecule is CCNC(=NCc1ncccc1C)NCCc1c[nH]c2cc(F)ccc12.I. The Hall–Kier alpha value is -2.16. The first-order valence-electron chi connectivity index (χ1n) is 8.85. The molecular formula is C20H25FIN5. The molecule has 0 bridgehead atoms. The summed E-state index contributed by atoms with van der Waals surface area (Å²) >= 11 is 0. The third-order valence-electron chi connectivity index (χ3n) is 4.27. The number of guanidine groups is 1. The Labute approximate surface area is 175 Å². The minimum Gasteiger partial charge on any atom is -0.361 e. The van der Waals surface area contributed by atoms with E-state index < -0.39 is 0 Å². The van der Waals surface area contributed by atoms with Crippen LogP contribution in [0, 0.1) is 12.7 Å². The Balaban J connectivity index is 0.00000261. The summed E-state index contributed by atoms with van der Waals surface area (Å²) in [5.41, 5.74) is 4.09. The predicted molar refractivity (Wildman–Crippen MR) is 119 cm³/mol. The third kappa shape index (κ3) is 5.66. The summed E-state index contributed by atoms with van der Waals surface area (Å²) in [6, 6.07) is 8.80. The van der Waals surface area contributed by atoms with Gasteiger partial charge in [-0.15, -0.1) is 24.0 Å². The van der Waals surface area contributed by atoms with Crippen LogP contribution in [0.4, 0.5) is 4.39 Å².